The van der Waals surface area contributed by atoms with Crippen LogP contribution in [0.15, 0.2) is 12.7 Å². The second-order valence-electron chi connectivity index (χ2n) is 5.58. The van der Waals surface area contributed by atoms with Gasteiger partial charge in [0.15, 0.2) is 0 Å². The third kappa shape index (κ3) is 3.82. The van der Waals surface area contributed by atoms with E-state index in [2.05, 4.69) is 11.9 Å². The van der Waals surface area contributed by atoms with Crippen molar-refractivity contribution in [1.82, 2.24) is 15.1 Å². The molecule has 0 radical (unpaired) electrons. The van der Waals surface area contributed by atoms with Gasteiger partial charge in [-0.3, -0.25) is 9.59 Å². The fraction of sp³-hybridized carbons (Fsp3) is 0.733. The number of unbranched alkanes of at least 4 members (excludes halogenated alkanes) is 1. The summed E-state index contributed by atoms with van der Waals surface area (Å²) in [5.41, 5.74) is 0. The van der Waals surface area contributed by atoms with Gasteiger partial charge in [0.1, 0.15) is 0 Å². The summed E-state index contributed by atoms with van der Waals surface area (Å²) in [5, 5.41) is 3.09. The van der Waals surface area contributed by atoms with Crippen LogP contribution in [0.4, 0.5) is 0 Å². The molecule has 2 aliphatic heterocycles. The highest BCUT2D eigenvalue weighted by Gasteiger charge is 2.31. The van der Waals surface area contributed by atoms with E-state index in [0.717, 1.165) is 45.3 Å². The average molecular weight is 279 g/mol. The van der Waals surface area contributed by atoms with Gasteiger partial charge in [-0.15, -0.1) is 6.58 Å². The molecule has 5 heteroatoms. The van der Waals surface area contributed by atoms with Crippen LogP contribution in [0, 0.1) is 0 Å². The van der Waals surface area contributed by atoms with Crippen LogP contribution in [0.25, 0.3) is 0 Å². The Hall–Kier alpha value is -1.36. The van der Waals surface area contributed by atoms with E-state index < -0.39 is 0 Å². The number of piperidine rings is 1. The quantitative estimate of drug-likeness (QED) is 0.597. The van der Waals surface area contributed by atoms with Gasteiger partial charge in [0, 0.05) is 38.6 Å². The molecule has 112 valence electrons. The van der Waals surface area contributed by atoms with Crippen LogP contribution >= 0.6 is 0 Å². The van der Waals surface area contributed by atoms with Gasteiger partial charge in [-0.05, 0) is 25.7 Å². The number of carbonyl (C=O) groups excluding carboxylic acids is 2. The van der Waals surface area contributed by atoms with Gasteiger partial charge in [-0.2, -0.15) is 0 Å². The van der Waals surface area contributed by atoms with E-state index in [-0.39, 0.29) is 17.9 Å². The Balaban J connectivity index is 1.85. The molecule has 5 nitrogen and oxygen atoms in total. The van der Waals surface area contributed by atoms with Gasteiger partial charge >= 0.3 is 0 Å². The maximum atomic E-state index is 12.2. The summed E-state index contributed by atoms with van der Waals surface area (Å²) < 4.78 is 0. The van der Waals surface area contributed by atoms with Crippen molar-refractivity contribution >= 4 is 11.8 Å². The third-order valence-corrected chi connectivity index (χ3v) is 4.11. The summed E-state index contributed by atoms with van der Waals surface area (Å²) in [5.74, 6) is 0.390. The molecule has 1 unspecified atom stereocenters. The van der Waals surface area contributed by atoms with Gasteiger partial charge in [0.2, 0.25) is 11.8 Å². The summed E-state index contributed by atoms with van der Waals surface area (Å²) in [6.45, 7) is 7.28. The molecule has 2 amide bonds. The first kappa shape index (κ1) is 15.0. The minimum atomic E-state index is 0.169. The Morgan fingerprint density at radius 3 is 3.05 bits per heavy atom. The number of nitrogens with zero attached hydrogens (tertiary/aromatic N) is 2. The van der Waals surface area contributed by atoms with Crippen LogP contribution in [-0.4, -0.2) is 60.4 Å². The summed E-state index contributed by atoms with van der Waals surface area (Å²) >= 11 is 0. The molecular formula is C15H25N3O2. The zero-order valence-corrected chi connectivity index (χ0v) is 12.1. The van der Waals surface area contributed by atoms with E-state index in [1.54, 1.807) is 0 Å². The number of piperazine rings is 1. The molecule has 0 aromatic carbocycles. The van der Waals surface area contributed by atoms with Gasteiger partial charge < -0.3 is 15.1 Å². The molecule has 2 saturated heterocycles. The molecule has 0 aliphatic carbocycles. The number of rotatable bonds is 5. The normalized spacial score (nSPS) is 23.8. The Morgan fingerprint density at radius 2 is 2.30 bits per heavy atom. The van der Waals surface area contributed by atoms with E-state index in [4.69, 9.17) is 0 Å². The van der Waals surface area contributed by atoms with Gasteiger partial charge in [-0.25, -0.2) is 0 Å². The lowest BCUT2D eigenvalue weighted by molar-refractivity contribution is -0.140. The van der Waals surface area contributed by atoms with Crippen molar-refractivity contribution in [3.63, 3.8) is 0 Å². The van der Waals surface area contributed by atoms with Crippen LogP contribution < -0.4 is 5.32 Å². The molecule has 2 heterocycles. The molecule has 1 atom stereocenters. The minimum Gasteiger partial charge on any atom is -0.341 e. The Kier molecular flexibility index (Phi) is 5.59. The maximum absolute atomic E-state index is 12.2. The van der Waals surface area contributed by atoms with Gasteiger partial charge in [-0.1, -0.05) is 6.08 Å². The van der Waals surface area contributed by atoms with Crippen LogP contribution in [0.5, 0.6) is 0 Å². The first-order chi connectivity index (χ1) is 9.72. The smallest absolute Gasteiger partial charge is 0.236 e. The fourth-order valence-corrected chi connectivity index (χ4v) is 3.00. The third-order valence-electron chi connectivity index (χ3n) is 4.11. The van der Waals surface area contributed by atoms with E-state index in [0.29, 0.717) is 19.5 Å². The summed E-state index contributed by atoms with van der Waals surface area (Å²) in [6, 6.07) is 0.210. The highest BCUT2D eigenvalue weighted by molar-refractivity contribution is 5.80. The number of amides is 2. The number of nitrogens with one attached hydrogen (secondary N) is 1. The number of allylic oxidation sites excluding steroid dienone is 1. The minimum absolute atomic E-state index is 0.169. The second kappa shape index (κ2) is 7.43. The van der Waals surface area contributed by atoms with Crippen LogP contribution in [-0.2, 0) is 9.59 Å². The average Bonchev–Trinajstić information content (AvgIpc) is 2.48. The molecule has 0 aromatic rings. The lowest BCUT2D eigenvalue weighted by Crippen LogP contribution is -2.57. The van der Waals surface area contributed by atoms with Crippen molar-refractivity contribution in [2.75, 3.05) is 32.7 Å². The molecule has 1 N–H and O–H groups in total. The molecule has 0 aromatic heterocycles. The zero-order chi connectivity index (χ0) is 14.4. The standard InChI is InChI=1S/C15H25N3O2/c1-2-3-4-7-14(19)17-9-5-6-13(12-17)18-10-8-16-11-15(18)20/h2,13,16H,1,3-12H2. The van der Waals surface area contributed by atoms with E-state index >= 15 is 0 Å². The summed E-state index contributed by atoms with van der Waals surface area (Å²) in [7, 11) is 0. The van der Waals surface area contributed by atoms with Gasteiger partial charge in [0.25, 0.3) is 0 Å². The monoisotopic (exact) mass is 279 g/mol. The lowest BCUT2D eigenvalue weighted by Gasteiger charge is -2.41. The zero-order valence-electron chi connectivity index (χ0n) is 12.1. The SMILES string of the molecule is C=CCCCC(=O)N1CCCC(N2CCNCC2=O)C1. The number of carbonyl (C=O) groups is 2. The molecule has 0 saturated carbocycles. The first-order valence-electron chi connectivity index (χ1n) is 7.61. The Morgan fingerprint density at radius 1 is 1.45 bits per heavy atom. The van der Waals surface area contributed by atoms with E-state index in [9.17, 15) is 9.59 Å². The maximum Gasteiger partial charge on any atom is 0.236 e. The van der Waals surface area contributed by atoms with Crippen molar-refractivity contribution in [1.29, 1.82) is 0 Å². The molecule has 2 rings (SSSR count). The van der Waals surface area contributed by atoms with Crippen LogP contribution in [0.1, 0.15) is 32.1 Å². The van der Waals surface area contributed by atoms with Crippen molar-refractivity contribution in [2.45, 2.75) is 38.1 Å². The molecular weight excluding hydrogens is 254 g/mol. The van der Waals surface area contributed by atoms with E-state index in [1.165, 1.54) is 0 Å². The molecule has 0 bridgehead atoms. The Labute approximate surface area is 121 Å². The molecule has 2 fully saturated rings. The Bertz CT molecular complexity index is 370. The second-order valence-corrected chi connectivity index (χ2v) is 5.58. The topological polar surface area (TPSA) is 52.7 Å². The molecule has 20 heavy (non-hydrogen) atoms. The van der Waals surface area contributed by atoms with Gasteiger partial charge in [0.05, 0.1) is 6.54 Å². The van der Waals surface area contributed by atoms with E-state index in [1.807, 2.05) is 15.9 Å². The predicted octanol–water partition coefficient (Wildman–Crippen LogP) is 0.766. The summed E-state index contributed by atoms with van der Waals surface area (Å²) in [6.07, 6.45) is 6.21. The number of hydrogen-bond donors (Lipinski definition) is 1. The summed E-state index contributed by atoms with van der Waals surface area (Å²) in [4.78, 5) is 28.0. The number of likely N-dealkylation sites (tertiary alicyclic amines) is 1. The first-order valence-corrected chi connectivity index (χ1v) is 7.61. The molecule has 0 spiro atoms. The highest BCUT2D eigenvalue weighted by Crippen LogP contribution is 2.18. The van der Waals surface area contributed by atoms with Crippen molar-refractivity contribution in [2.24, 2.45) is 0 Å². The van der Waals surface area contributed by atoms with Crippen molar-refractivity contribution in [3.8, 4) is 0 Å². The lowest BCUT2D eigenvalue weighted by atomic mass is 10.0. The highest BCUT2D eigenvalue weighted by atomic mass is 16.2. The largest absolute Gasteiger partial charge is 0.341 e. The van der Waals surface area contributed by atoms with Crippen LogP contribution in [0.3, 0.4) is 0 Å². The fourth-order valence-electron chi connectivity index (χ4n) is 3.00. The van der Waals surface area contributed by atoms with Crippen molar-refractivity contribution < 1.29 is 9.59 Å². The van der Waals surface area contributed by atoms with Crippen LogP contribution in [0.2, 0.25) is 0 Å². The van der Waals surface area contributed by atoms with Crippen molar-refractivity contribution in [3.05, 3.63) is 12.7 Å². The molecule has 2 aliphatic rings. The predicted molar refractivity (Wildman–Crippen MR) is 78.2 cm³/mol. The number of hydrogen-bond acceptors (Lipinski definition) is 3.